The van der Waals surface area contributed by atoms with Gasteiger partial charge in [-0.1, -0.05) is 27.5 Å². The Labute approximate surface area is 118 Å². The number of nitriles is 1. The first-order valence-corrected chi connectivity index (χ1v) is 6.43. The molecule has 5 nitrogen and oxygen atoms in total. The van der Waals surface area contributed by atoms with Gasteiger partial charge in [0.15, 0.2) is 0 Å². The van der Waals surface area contributed by atoms with Crippen LogP contribution in [0.5, 0.6) is 0 Å². The van der Waals surface area contributed by atoms with Crippen molar-refractivity contribution in [3.05, 3.63) is 33.3 Å². The lowest BCUT2D eigenvalue weighted by Crippen LogP contribution is -2.46. The van der Waals surface area contributed by atoms with Crippen LogP contribution in [-0.4, -0.2) is 18.6 Å². The Balaban J connectivity index is 2.10. The maximum atomic E-state index is 12.0. The van der Waals surface area contributed by atoms with E-state index in [1.54, 1.807) is 18.2 Å². The van der Waals surface area contributed by atoms with Gasteiger partial charge in [-0.2, -0.15) is 5.26 Å². The molecular formula is C11H10BrClN4O. The van der Waals surface area contributed by atoms with Gasteiger partial charge >= 0.3 is 0 Å². The van der Waals surface area contributed by atoms with Gasteiger partial charge in [0.25, 0.3) is 5.91 Å². The molecule has 18 heavy (non-hydrogen) atoms. The predicted octanol–water partition coefficient (Wildman–Crippen LogP) is 1.41. The minimum atomic E-state index is -0.415. The lowest BCUT2D eigenvalue weighted by molar-refractivity contribution is 0.0927. The average Bonchev–Trinajstić information content (AvgIpc) is 2.76. The highest BCUT2D eigenvalue weighted by Crippen LogP contribution is 2.21. The van der Waals surface area contributed by atoms with Crippen LogP contribution >= 0.6 is 27.5 Å². The van der Waals surface area contributed by atoms with Gasteiger partial charge < -0.3 is 5.32 Å². The maximum Gasteiger partial charge on any atom is 0.254 e. The molecular weight excluding hydrogens is 320 g/mol. The number of nitrogens with one attached hydrogen (secondary N) is 3. The summed E-state index contributed by atoms with van der Waals surface area (Å²) < 4.78 is 0.805. The van der Waals surface area contributed by atoms with Crippen molar-refractivity contribution in [3.63, 3.8) is 0 Å². The van der Waals surface area contributed by atoms with Gasteiger partial charge in [0.05, 0.1) is 22.6 Å². The molecule has 1 aliphatic heterocycles. The summed E-state index contributed by atoms with van der Waals surface area (Å²) >= 11 is 9.26. The van der Waals surface area contributed by atoms with Crippen molar-refractivity contribution >= 4 is 33.4 Å². The zero-order chi connectivity index (χ0) is 13.1. The first-order chi connectivity index (χ1) is 8.61. The molecule has 1 amide bonds. The summed E-state index contributed by atoms with van der Waals surface area (Å²) in [6.07, 6.45) is -0.415. The fourth-order valence-electron chi connectivity index (χ4n) is 1.65. The molecule has 0 radical (unpaired) electrons. The second kappa shape index (κ2) is 5.67. The fraction of sp³-hybridized carbons (Fsp3) is 0.273. The number of carbonyl (C=O) groups is 1. The molecule has 2 unspecified atom stereocenters. The standard InChI is InChI=1S/C11H10BrClN4O/c12-7-1-2-8(9(13)3-7)11(18)16-10-6(4-14)5-15-17-10/h1-3,6,10,15,17H,5H2,(H,16,18). The Hall–Kier alpha value is -1.13. The number of rotatable bonds is 2. The monoisotopic (exact) mass is 328 g/mol. The van der Waals surface area contributed by atoms with Crippen LogP contribution in [0, 0.1) is 17.2 Å². The Morgan fingerprint density at radius 3 is 3.06 bits per heavy atom. The molecule has 1 heterocycles. The molecule has 2 rings (SSSR count). The molecule has 7 heteroatoms. The van der Waals surface area contributed by atoms with Gasteiger partial charge in [0.1, 0.15) is 6.17 Å². The lowest BCUT2D eigenvalue weighted by atomic mass is 10.1. The summed E-state index contributed by atoms with van der Waals surface area (Å²) in [6, 6.07) is 7.14. The SMILES string of the molecule is N#CC1CNNC1NC(=O)c1ccc(Br)cc1Cl. The third kappa shape index (κ3) is 2.82. The molecule has 0 aromatic heterocycles. The van der Waals surface area contributed by atoms with Crippen LogP contribution in [0.25, 0.3) is 0 Å². The van der Waals surface area contributed by atoms with Crippen LogP contribution < -0.4 is 16.2 Å². The van der Waals surface area contributed by atoms with Crippen molar-refractivity contribution in [1.82, 2.24) is 16.2 Å². The number of hydrazine groups is 1. The second-order valence-electron chi connectivity index (χ2n) is 3.84. The van der Waals surface area contributed by atoms with Crippen molar-refractivity contribution < 1.29 is 4.79 Å². The third-order valence-corrected chi connectivity index (χ3v) is 3.42. The summed E-state index contributed by atoms with van der Waals surface area (Å²) in [4.78, 5) is 12.0. The molecule has 1 aliphatic rings. The van der Waals surface area contributed by atoms with E-state index < -0.39 is 6.17 Å². The van der Waals surface area contributed by atoms with Gasteiger partial charge in [-0.25, -0.2) is 5.43 Å². The van der Waals surface area contributed by atoms with E-state index in [1.807, 2.05) is 0 Å². The molecule has 1 aromatic carbocycles. The van der Waals surface area contributed by atoms with E-state index in [2.05, 4.69) is 38.2 Å². The zero-order valence-electron chi connectivity index (χ0n) is 9.21. The number of halogens is 2. The summed E-state index contributed by atoms with van der Waals surface area (Å²) in [5.41, 5.74) is 6.04. The van der Waals surface area contributed by atoms with Crippen LogP contribution in [0.4, 0.5) is 0 Å². The predicted molar refractivity (Wildman–Crippen MR) is 70.6 cm³/mol. The largest absolute Gasteiger partial charge is 0.334 e. The molecule has 0 spiro atoms. The van der Waals surface area contributed by atoms with Gasteiger partial charge in [0, 0.05) is 11.0 Å². The molecule has 0 saturated carbocycles. The number of amides is 1. The summed E-state index contributed by atoms with van der Waals surface area (Å²) in [6.45, 7) is 0.496. The quantitative estimate of drug-likeness (QED) is 0.767. The van der Waals surface area contributed by atoms with Crippen LogP contribution in [0.1, 0.15) is 10.4 Å². The summed E-state index contributed by atoms with van der Waals surface area (Å²) in [7, 11) is 0. The number of hydrogen-bond donors (Lipinski definition) is 3. The minimum Gasteiger partial charge on any atom is -0.334 e. The van der Waals surface area contributed by atoms with Crippen molar-refractivity contribution in [2.24, 2.45) is 5.92 Å². The first-order valence-electron chi connectivity index (χ1n) is 5.25. The Morgan fingerprint density at radius 1 is 1.61 bits per heavy atom. The minimum absolute atomic E-state index is 0.303. The Bertz CT molecular complexity index is 516. The van der Waals surface area contributed by atoms with Crippen molar-refractivity contribution in [3.8, 4) is 6.07 Å². The number of nitrogens with zero attached hydrogens (tertiary/aromatic N) is 1. The third-order valence-electron chi connectivity index (χ3n) is 2.61. The summed E-state index contributed by atoms with van der Waals surface area (Å²) in [5.74, 6) is -0.614. The molecule has 0 bridgehead atoms. The van der Waals surface area contributed by atoms with E-state index in [1.165, 1.54) is 0 Å². The fourth-order valence-corrected chi connectivity index (χ4v) is 2.41. The highest BCUT2D eigenvalue weighted by atomic mass is 79.9. The molecule has 1 saturated heterocycles. The van der Waals surface area contributed by atoms with E-state index >= 15 is 0 Å². The Kier molecular flexibility index (Phi) is 4.19. The number of hydrogen-bond acceptors (Lipinski definition) is 4. The second-order valence-corrected chi connectivity index (χ2v) is 5.16. The smallest absolute Gasteiger partial charge is 0.254 e. The highest BCUT2D eigenvalue weighted by molar-refractivity contribution is 9.10. The van der Waals surface area contributed by atoms with E-state index in [0.29, 0.717) is 17.1 Å². The van der Waals surface area contributed by atoms with Crippen LogP contribution in [0.2, 0.25) is 5.02 Å². The molecule has 1 fully saturated rings. The normalized spacial score (nSPS) is 22.5. The van der Waals surface area contributed by atoms with Crippen molar-refractivity contribution in [2.75, 3.05) is 6.54 Å². The van der Waals surface area contributed by atoms with E-state index in [-0.39, 0.29) is 11.8 Å². The maximum absolute atomic E-state index is 12.0. The molecule has 0 aliphatic carbocycles. The molecule has 3 N–H and O–H groups in total. The van der Waals surface area contributed by atoms with Crippen molar-refractivity contribution in [1.29, 1.82) is 5.26 Å². The van der Waals surface area contributed by atoms with Crippen LogP contribution in [0.3, 0.4) is 0 Å². The molecule has 1 aromatic rings. The van der Waals surface area contributed by atoms with Gasteiger partial charge in [-0.05, 0) is 18.2 Å². The first kappa shape index (κ1) is 13.3. The van der Waals surface area contributed by atoms with Gasteiger partial charge in [-0.3, -0.25) is 10.2 Å². The van der Waals surface area contributed by atoms with Crippen LogP contribution in [-0.2, 0) is 0 Å². The zero-order valence-corrected chi connectivity index (χ0v) is 11.5. The topological polar surface area (TPSA) is 77.0 Å². The van der Waals surface area contributed by atoms with E-state index in [0.717, 1.165) is 4.47 Å². The van der Waals surface area contributed by atoms with Gasteiger partial charge in [0.2, 0.25) is 0 Å². The Morgan fingerprint density at radius 2 is 2.39 bits per heavy atom. The number of carbonyl (C=O) groups excluding carboxylic acids is 1. The van der Waals surface area contributed by atoms with Gasteiger partial charge in [-0.15, -0.1) is 0 Å². The van der Waals surface area contributed by atoms with Crippen LogP contribution in [0.15, 0.2) is 22.7 Å². The lowest BCUT2D eigenvalue weighted by Gasteiger charge is -2.15. The molecule has 94 valence electrons. The van der Waals surface area contributed by atoms with E-state index in [4.69, 9.17) is 16.9 Å². The number of benzene rings is 1. The van der Waals surface area contributed by atoms with Crippen molar-refractivity contribution in [2.45, 2.75) is 6.17 Å². The summed E-state index contributed by atoms with van der Waals surface area (Å²) in [5, 5.41) is 12.0. The highest BCUT2D eigenvalue weighted by Gasteiger charge is 2.28. The average molecular weight is 330 g/mol. The van der Waals surface area contributed by atoms with E-state index in [9.17, 15) is 4.79 Å². The molecule has 2 atom stereocenters.